The second-order valence-electron chi connectivity index (χ2n) is 3.15. The Morgan fingerprint density at radius 3 is 2.43 bits per heavy atom. The smallest absolute Gasteiger partial charge is 0.0901 e. The lowest BCUT2D eigenvalue weighted by atomic mass is 10.2. The molecule has 0 aromatic carbocycles. The molecule has 0 amide bonds. The van der Waals surface area contributed by atoms with E-state index in [2.05, 4.69) is 18.7 Å². The van der Waals surface area contributed by atoms with Crippen molar-refractivity contribution in [2.45, 2.75) is 33.2 Å². The molecule has 14 heavy (non-hydrogen) atoms. The van der Waals surface area contributed by atoms with E-state index in [1.807, 2.05) is 6.92 Å². The van der Waals surface area contributed by atoms with Gasteiger partial charge in [-0.2, -0.15) is 0 Å². The van der Waals surface area contributed by atoms with Crippen LogP contribution in [0, 0.1) is 0 Å². The van der Waals surface area contributed by atoms with Crippen molar-refractivity contribution in [1.29, 1.82) is 0 Å². The fourth-order valence-electron chi connectivity index (χ4n) is 1.50. The number of nitrogens with zero attached hydrogens (tertiary/aromatic N) is 1. The van der Waals surface area contributed by atoms with E-state index in [0.717, 1.165) is 32.7 Å². The lowest BCUT2D eigenvalue weighted by molar-refractivity contribution is 0.108. The largest absolute Gasteiger partial charge is 0.392 e. The normalized spacial score (nSPS) is 13.1. The molecule has 0 aliphatic carbocycles. The molecule has 0 saturated carbocycles. The first-order valence-corrected chi connectivity index (χ1v) is 5.69. The highest BCUT2D eigenvalue weighted by atomic mass is 32.1. The van der Waals surface area contributed by atoms with Gasteiger partial charge in [-0.15, -0.1) is 0 Å². The van der Waals surface area contributed by atoms with Crippen LogP contribution in [0.2, 0.25) is 0 Å². The fraction of sp³-hybridized carbons (Fsp3) is 0.900. The Bertz CT molecular complexity index is 164. The van der Waals surface area contributed by atoms with Gasteiger partial charge in [0.05, 0.1) is 17.6 Å². The van der Waals surface area contributed by atoms with Gasteiger partial charge < -0.3 is 10.5 Å². The Hall–Kier alpha value is -0.190. The maximum Gasteiger partial charge on any atom is 0.0901 e. The molecule has 0 spiro atoms. The number of thiocarbonyl (C=S) groups is 1. The summed E-state index contributed by atoms with van der Waals surface area (Å²) in [5, 5.41) is 0. The first kappa shape index (κ1) is 13.8. The fourth-order valence-corrected chi connectivity index (χ4v) is 1.82. The summed E-state index contributed by atoms with van der Waals surface area (Å²) >= 11 is 5.03. The van der Waals surface area contributed by atoms with E-state index in [1.54, 1.807) is 0 Å². The van der Waals surface area contributed by atoms with Crippen LogP contribution in [-0.4, -0.2) is 42.2 Å². The second kappa shape index (κ2) is 8.15. The lowest BCUT2D eigenvalue weighted by Crippen LogP contribution is -2.44. The predicted octanol–water partition coefficient (Wildman–Crippen LogP) is 1.41. The van der Waals surface area contributed by atoms with Gasteiger partial charge in [0.25, 0.3) is 0 Å². The van der Waals surface area contributed by atoms with E-state index >= 15 is 0 Å². The molecule has 1 unspecified atom stereocenters. The third-order valence-electron chi connectivity index (χ3n) is 2.29. The minimum Gasteiger partial charge on any atom is -0.392 e. The minimum atomic E-state index is 0.218. The number of nitrogens with two attached hydrogens (primary N) is 1. The van der Waals surface area contributed by atoms with Crippen molar-refractivity contribution in [3.8, 4) is 0 Å². The molecule has 0 aromatic rings. The van der Waals surface area contributed by atoms with Gasteiger partial charge in [0, 0.05) is 13.2 Å². The quantitative estimate of drug-likeness (QED) is 0.494. The van der Waals surface area contributed by atoms with Gasteiger partial charge in [-0.05, 0) is 19.9 Å². The molecule has 0 fully saturated rings. The molecule has 4 heteroatoms. The van der Waals surface area contributed by atoms with E-state index in [4.69, 9.17) is 22.7 Å². The summed E-state index contributed by atoms with van der Waals surface area (Å²) in [5.74, 6) is 0. The molecule has 0 heterocycles. The number of likely N-dealkylation sites (N-methyl/N-ethyl adjacent to an activating group) is 1. The van der Waals surface area contributed by atoms with E-state index in [9.17, 15) is 0 Å². The van der Waals surface area contributed by atoms with Crippen LogP contribution in [0.4, 0.5) is 0 Å². The Labute approximate surface area is 92.6 Å². The number of hydrogen-bond acceptors (Lipinski definition) is 3. The molecule has 2 N–H and O–H groups in total. The van der Waals surface area contributed by atoms with E-state index < -0.39 is 0 Å². The van der Waals surface area contributed by atoms with Gasteiger partial charge in [0.2, 0.25) is 0 Å². The maximum atomic E-state index is 5.68. The van der Waals surface area contributed by atoms with Crippen LogP contribution < -0.4 is 5.73 Å². The summed E-state index contributed by atoms with van der Waals surface area (Å²) in [6.07, 6.45) is 0.968. The minimum absolute atomic E-state index is 0.218. The highest BCUT2D eigenvalue weighted by Gasteiger charge is 2.16. The number of rotatable bonds is 8. The third-order valence-corrected chi connectivity index (χ3v) is 2.56. The van der Waals surface area contributed by atoms with E-state index in [-0.39, 0.29) is 6.04 Å². The first-order valence-electron chi connectivity index (χ1n) is 5.28. The first-order chi connectivity index (χ1) is 6.67. The maximum absolute atomic E-state index is 5.68. The molecule has 1 atom stereocenters. The Kier molecular flexibility index (Phi) is 8.04. The summed E-state index contributed by atoms with van der Waals surface area (Å²) in [5.41, 5.74) is 5.68. The van der Waals surface area contributed by atoms with Crippen molar-refractivity contribution in [3.05, 3.63) is 0 Å². The SMILES string of the molecule is CCOCCN(CC)C(CC)C(N)=S. The molecule has 0 radical (unpaired) electrons. The third kappa shape index (κ3) is 4.88. The molecule has 0 aliphatic rings. The molecule has 0 bridgehead atoms. The average Bonchev–Trinajstić information content (AvgIpc) is 2.16. The molecule has 0 aliphatic heterocycles. The van der Waals surface area contributed by atoms with Gasteiger partial charge in [-0.1, -0.05) is 26.1 Å². The summed E-state index contributed by atoms with van der Waals surface area (Å²) in [6.45, 7) is 9.61. The summed E-state index contributed by atoms with van der Waals surface area (Å²) in [4.78, 5) is 2.85. The second-order valence-corrected chi connectivity index (χ2v) is 3.62. The molecule has 0 saturated heterocycles. The van der Waals surface area contributed by atoms with Crippen LogP contribution in [0.15, 0.2) is 0 Å². The Balaban J connectivity index is 4.01. The van der Waals surface area contributed by atoms with Gasteiger partial charge in [-0.3, -0.25) is 4.90 Å². The topological polar surface area (TPSA) is 38.5 Å². The average molecular weight is 218 g/mol. The summed E-state index contributed by atoms with van der Waals surface area (Å²) < 4.78 is 5.31. The zero-order valence-corrected chi connectivity index (χ0v) is 10.3. The van der Waals surface area contributed by atoms with Crippen LogP contribution in [0.3, 0.4) is 0 Å². The van der Waals surface area contributed by atoms with Crippen LogP contribution in [0.25, 0.3) is 0 Å². The van der Waals surface area contributed by atoms with Crippen molar-refractivity contribution in [2.24, 2.45) is 5.73 Å². The molecule has 0 aromatic heterocycles. The van der Waals surface area contributed by atoms with E-state index in [1.165, 1.54) is 0 Å². The molecule has 0 rings (SSSR count). The van der Waals surface area contributed by atoms with Gasteiger partial charge in [0.15, 0.2) is 0 Å². The van der Waals surface area contributed by atoms with E-state index in [0.29, 0.717) is 4.99 Å². The van der Waals surface area contributed by atoms with Crippen molar-refractivity contribution in [1.82, 2.24) is 4.90 Å². The standard InChI is InChI=1S/C10H22N2OS/c1-4-9(10(11)14)12(5-2)7-8-13-6-3/h9H,4-8H2,1-3H3,(H2,11,14). The van der Waals surface area contributed by atoms with Gasteiger partial charge >= 0.3 is 0 Å². The van der Waals surface area contributed by atoms with Crippen molar-refractivity contribution in [3.63, 3.8) is 0 Å². The predicted molar refractivity (Wildman–Crippen MR) is 64.6 cm³/mol. The monoisotopic (exact) mass is 218 g/mol. The highest BCUT2D eigenvalue weighted by Crippen LogP contribution is 2.04. The Morgan fingerprint density at radius 1 is 1.43 bits per heavy atom. The van der Waals surface area contributed by atoms with Crippen LogP contribution in [0.1, 0.15) is 27.2 Å². The number of ether oxygens (including phenoxy) is 1. The zero-order valence-electron chi connectivity index (χ0n) is 9.45. The van der Waals surface area contributed by atoms with Gasteiger partial charge in [0.1, 0.15) is 0 Å². The molecule has 84 valence electrons. The highest BCUT2D eigenvalue weighted by molar-refractivity contribution is 7.80. The van der Waals surface area contributed by atoms with Gasteiger partial charge in [-0.25, -0.2) is 0 Å². The zero-order chi connectivity index (χ0) is 11.0. The summed E-state index contributed by atoms with van der Waals surface area (Å²) in [7, 11) is 0. The molecular formula is C10H22N2OS. The number of hydrogen-bond donors (Lipinski definition) is 1. The summed E-state index contributed by atoms with van der Waals surface area (Å²) in [6, 6.07) is 0.218. The molecular weight excluding hydrogens is 196 g/mol. The Morgan fingerprint density at radius 2 is 2.07 bits per heavy atom. The van der Waals surface area contributed by atoms with Crippen molar-refractivity contribution < 1.29 is 4.74 Å². The lowest BCUT2D eigenvalue weighted by Gasteiger charge is -2.28. The van der Waals surface area contributed by atoms with Crippen LogP contribution >= 0.6 is 12.2 Å². The molecule has 3 nitrogen and oxygen atoms in total. The van der Waals surface area contributed by atoms with Crippen molar-refractivity contribution in [2.75, 3.05) is 26.3 Å². The van der Waals surface area contributed by atoms with Crippen LogP contribution in [0.5, 0.6) is 0 Å². The van der Waals surface area contributed by atoms with Crippen LogP contribution in [-0.2, 0) is 4.74 Å². The van der Waals surface area contributed by atoms with Crippen molar-refractivity contribution >= 4 is 17.2 Å².